The third-order valence-corrected chi connectivity index (χ3v) is 3.16. The van der Waals surface area contributed by atoms with Crippen molar-refractivity contribution in [2.75, 3.05) is 0 Å². The lowest BCUT2D eigenvalue weighted by atomic mass is 9.91. The average molecular weight is 228 g/mol. The van der Waals surface area contributed by atoms with Gasteiger partial charge < -0.3 is 9.52 Å². The Kier molecular flexibility index (Phi) is 2.25. The molecule has 0 amide bonds. The van der Waals surface area contributed by atoms with E-state index in [1.165, 1.54) is 12.1 Å². The number of rotatable bonds is 0. The van der Waals surface area contributed by atoms with E-state index < -0.39 is 0 Å². The number of aliphatic hydroxyl groups is 1. The molecule has 3 heteroatoms. The third-order valence-electron chi connectivity index (χ3n) is 3.16. The second kappa shape index (κ2) is 3.77. The number of fused-ring (bicyclic) bond motifs is 2. The van der Waals surface area contributed by atoms with Crippen molar-refractivity contribution in [1.82, 2.24) is 0 Å². The zero-order chi connectivity index (χ0) is 11.8. The first-order chi connectivity index (χ1) is 8.28. The quantitative estimate of drug-likeness (QED) is 0.705. The van der Waals surface area contributed by atoms with E-state index in [2.05, 4.69) is 0 Å². The first-order valence-electron chi connectivity index (χ1n) is 5.68. The Hall–Kier alpha value is -2.03. The molecular formula is C14H12O3. The maximum Gasteiger partial charge on any atom is 0.182 e. The molecule has 0 bridgehead atoms. The molecular weight excluding hydrogens is 216 g/mol. The fraction of sp³-hybridized carbons (Fsp3) is 0.214. The van der Waals surface area contributed by atoms with E-state index >= 15 is 0 Å². The van der Waals surface area contributed by atoms with Gasteiger partial charge in [0.2, 0.25) is 0 Å². The van der Waals surface area contributed by atoms with E-state index in [0.29, 0.717) is 5.76 Å². The Morgan fingerprint density at radius 1 is 1.24 bits per heavy atom. The number of allylic oxidation sites excluding steroid dienone is 1. The molecule has 0 saturated heterocycles. The van der Waals surface area contributed by atoms with E-state index in [4.69, 9.17) is 4.42 Å². The van der Waals surface area contributed by atoms with Crippen molar-refractivity contribution in [3.63, 3.8) is 0 Å². The minimum Gasteiger partial charge on any atom is -0.515 e. The highest BCUT2D eigenvalue weighted by Gasteiger charge is 2.19. The maximum absolute atomic E-state index is 11.3. The largest absolute Gasteiger partial charge is 0.515 e. The highest BCUT2D eigenvalue weighted by molar-refractivity contribution is 5.69. The molecule has 1 aliphatic heterocycles. The van der Waals surface area contributed by atoms with Crippen LogP contribution in [-0.4, -0.2) is 5.11 Å². The van der Waals surface area contributed by atoms with E-state index in [1.807, 2.05) is 6.07 Å². The van der Waals surface area contributed by atoms with E-state index in [1.54, 1.807) is 6.07 Å². The fourth-order valence-corrected chi connectivity index (χ4v) is 2.31. The summed E-state index contributed by atoms with van der Waals surface area (Å²) in [5, 5.41) is 9.18. The van der Waals surface area contributed by atoms with Gasteiger partial charge in [0.15, 0.2) is 5.43 Å². The number of benzene rings is 1. The Bertz CT molecular complexity index is 622. The van der Waals surface area contributed by atoms with Crippen molar-refractivity contribution >= 4 is 5.57 Å². The van der Waals surface area contributed by atoms with Gasteiger partial charge >= 0.3 is 0 Å². The molecule has 17 heavy (non-hydrogen) atoms. The van der Waals surface area contributed by atoms with E-state index in [-0.39, 0.29) is 5.43 Å². The molecule has 3 nitrogen and oxygen atoms in total. The van der Waals surface area contributed by atoms with Crippen LogP contribution in [0.3, 0.4) is 0 Å². The van der Waals surface area contributed by atoms with Gasteiger partial charge in [-0.15, -0.1) is 0 Å². The van der Waals surface area contributed by atoms with E-state index in [0.717, 1.165) is 48.0 Å². The van der Waals surface area contributed by atoms with Gasteiger partial charge in [0.1, 0.15) is 11.5 Å². The molecule has 0 spiro atoms. The Labute approximate surface area is 98.4 Å². The number of hydrogen-bond donors (Lipinski definition) is 1. The van der Waals surface area contributed by atoms with Gasteiger partial charge in [-0.05, 0) is 43.0 Å². The minimum absolute atomic E-state index is 0.0634. The lowest BCUT2D eigenvalue weighted by Crippen LogP contribution is -2.05. The average Bonchev–Trinajstić information content (AvgIpc) is 2.35. The molecule has 86 valence electrons. The SMILES string of the molecule is O=c1ccc2cc3c(oc-2c1)/C(=C/O)CCC3. The summed E-state index contributed by atoms with van der Waals surface area (Å²) in [6.07, 6.45) is 3.88. The predicted octanol–water partition coefficient (Wildman–Crippen LogP) is 2.98. The number of aliphatic hydroxyl groups excluding tert-OH is 1. The topological polar surface area (TPSA) is 50.4 Å². The van der Waals surface area contributed by atoms with Gasteiger partial charge in [0, 0.05) is 17.2 Å². The third kappa shape index (κ3) is 1.64. The van der Waals surface area contributed by atoms with Gasteiger partial charge in [0.05, 0.1) is 6.26 Å². The molecule has 0 aromatic rings. The lowest BCUT2D eigenvalue weighted by molar-refractivity contribution is 0.464. The zero-order valence-electron chi connectivity index (χ0n) is 9.27. The summed E-state index contributed by atoms with van der Waals surface area (Å²) in [4.78, 5) is 11.3. The first kappa shape index (κ1) is 10.1. The van der Waals surface area contributed by atoms with Crippen LogP contribution in [-0.2, 0) is 6.42 Å². The standard InChI is InChI=1S/C14H12O3/c15-8-11-3-1-2-10-6-9-4-5-12(16)7-13(9)17-14(10)11/h4-8,15H,1-3H2/b11-8+. The van der Waals surface area contributed by atoms with Gasteiger partial charge in [-0.25, -0.2) is 0 Å². The summed E-state index contributed by atoms with van der Waals surface area (Å²) in [7, 11) is 0. The Morgan fingerprint density at radius 2 is 2.12 bits per heavy atom. The summed E-state index contributed by atoms with van der Waals surface area (Å²) >= 11 is 0. The van der Waals surface area contributed by atoms with Crippen LogP contribution >= 0.6 is 0 Å². The number of aryl methyl sites for hydroxylation is 1. The van der Waals surface area contributed by atoms with Crippen molar-refractivity contribution in [2.24, 2.45) is 0 Å². The molecule has 0 radical (unpaired) electrons. The van der Waals surface area contributed by atoms with Gasteiger partial charge in [-0.2, -0.15) is 0 Å². The predicted molar refractivity (Wildman–Crippen MR) is 65.1 cm³/mol. The summed E-state index contributed by atoms with van der Waals surface area (Å²) in [6.45, 7) is 0. The molecule has 3 rings (SSSR count). The van der Waals surface area contributed by atoms with Crippen LogP contribution in [0.15, 0.2) is 39.7 Å². The number of hydrogen-bond acceptors (Lipinski definition) is 3. The molecule has 0 unspecified atom stereocenters. The Morgan fingerprint density at radius 3 is 2.94 bits per heavy atom. The highest BCUT2D eigenvalue weighted by Crippen LogP contribution is 2.35. The van der Waals surface area contributed by atoms with Crippen LogP contribution in [0.4, 0.5) is 0 Å². The summed E-state index contributed by atoms with van der Waals surface area (Å²) in [5.74, 6) is 1.30. The summed E-state index contributed by atoms with van der Waals surface area (Å²) < 4.78 is 5.74. The first-order valence-corrected chi connectivity index (χ1v) is 5.68. The molecule has 0 fully saturated rings. The normalized spacial score (nSPS) is 17.3. The zero-order valence-corrected chi connectivity index (χ0v) is 9.27. The van der Waals surface area contributed by atoms with Crippen LogP contribution in [0.2, 0.25) is 0 Å². The molecule has 0 aromatic heterocycles. The molecule has 3 aliphatic rings. The van der Waals surface area contributed by atoms with Crippen molar-refractivity contribution < 1.29 is 9.52 Å². The van der Waals surface area contributed by atoms with Crippen LogP contribution in [0.25, 0.3) is 16.9 Å². The highest BCUT2D eigenvalue weighted by atomic mass is 16.3. The van der Waals surface area contributed by atoms with Gasteiger partial charge in [-0.1, -0.05) is 0 Å². The summed E-state index contributed by atoms with van der Waals surface area (Å²) in [5.41, 5.74) is 2.78. The fourth-order valence-electron chi connectivity index (χ4n) is 2.31. The van der Waals surface area contributed by atoms with Crippen molar-refractivity contribution in [3.8, 4) is 11.3 Å². The molecule has 2 aliphatic carbocycles. The van der Waals surface area contributed by atoms with Crippen molar-refractivity contribution in [2.45, 2.75) is 19.3 Å². The summed E-state index contributed by atoms with van der Waals surface area (Å²) in [6, 6.07) is 6.84. The van der Waals surface area contributed by atoms with E-state index in [9.17, 15) is 9.90 Å². The van der Waals surface area contributed by atoms with Crippen LogP contribution < -0.4 is 5.43 Å². The maximum atomic E-state index is 11.3. The molecule has 0 aromatic carbocycles. The lowest BCUT2D eigenvalue weighted by Gasteiger charge is -2.19. The van der Waals surface area contributed by atoms with Gasteiger partial charge in [-0.3, -0.25) is 4.79 Å². The second-order valence-corrected chi connectivity index (χ2v) is 4.31. The molecule has 1 heterocycles. The molecule has 0 atom stereocenters. The van der Waals surface area contributed by atoms with Crippen molar-refractivity contribution in [1.29, 1.82) is 0 Å². The minimum atomic E-state index is -0.0634. The smallest absolute Gasteiger partial charge is 0.182 e. The monoisotopic (exact) mass is 228 g/mol. The van der Waals surface area contributed by atoms with Crippen molar-refractivity contribution in [3.05, 3.63) is 52.1 Å². The van der Waals surface area contributed by atoms with Crippen LogP contribution in [0.5, 0.6) is 0 Å². The van der Waals surface area contributed by atoms with Crippen LogP contribution in [0, 0.1) is 0 Å². The molecule has 0 saturated carbocycles. The second-order valence-electron chi connectivity index (χ2n) is 4.31. The molecule has 1 N–H and O–H groups in total. The Balaban J connectivity index is 2.30. The van der Waals surface area contributed by atoms with Gasteiger partial charge in [0.25, 0.3) is 0 Å². The van der Waals surface area contributed by atoms with Crippen LogP contribution in [0.1, 0.15) is 24.2 Å².